The third kappa shape index (κ3) is 4.43. The maximum Gasteiger partial charge on any atom is 0.0616 e. The van der Waals surface area contributed by atoms with Crippen LogP contribution in [0.1, 0.15) is 119 Å². The Morgan fingerprint density at radius 2 is 1.71 bits per heavy atom. The average Bonchev–Trinajstić information content (AvgIpc) is 3.05. The molecule has 0 aromatic heterocycles. The van der Waals surface area contributed by atoms with Crippen LogP contribution < -0.4 is 0 Å². The smallest absolute Gasteiger partial charge is 0.0616 e. The molecule has 1 nitrogen and oxygen atoms in total. The molecule has 4 aliphatic carbocycles. The minimum atomic E-state index is 0.361. The zero-order valence-electron chi connectivity index (χ0n) is 21.9. The molecule has 0 heterocycles. The van der Waals surface area contributed by atoms with Crippen LogP contribution in [-0.2, 0) is 4.74 Å². The van der Waals surface area contributed by atoms with Crippen LogP contribution in [0.2, 0.25) is 0 Å². The highest BCUT2D eigenvalue weighted by Crippen LogP contribution is 2.67. The maximum atomic E-state index is 6.25. The first-order valence-electron chi connectivity index (χ1n) is 14.0. The topological polar surface area (TPSA) is 9.23 Å². The SMILES string of the molecule is CC(C)CCC[C@@H](C)[C@H]1CC[C@H]2[C@@H]3CC=C4C[C@@H](OC(C)C)CC[C@]4(C)[C@H]3CC[C@]12C. The summed E-state index contributed by atoms with van der Waals surface area (Å²) in [4.78, 5) is 0. The van der Waals surface area contributed by atoms with Gasteiger partial charge in [-0.2, -0.15) is 0 Å². The molecule has 0 aliphatic heterocycles. The molecule has 0 spiro atoms. The molecule has 4 aliphatic rings. The summed E-state index contributed by atoms with van der Waals surface area (Å²) in [6.07, 6.45) is 19.0. The highest BCUT2D eigenvalue weighted by Gasteiger charge is 2.59. The van der Waals surface area contributed by atoms with Crippen LogP contribution in [0.15, 0.2) is 11.6 Å². The Balaban J connectivity index is 1.46. The molecule has 0 saturated heterocycles. The van der Waals surface area contributed by atoms with Crippen molar-refractivity contribution in [3.63, 3.8) is 0 Å². The van der Waals surface area contributed by atoms with E-state index in [2.05, 4.69) is 54.5 Å². The van der Waals surface area contributed by atoms with Gasteiger partial charge in [0.1, 0.15) is 0 Å². The zero-order valence-corrected chi connectivity index (χ0v) is 21.9. The zero-order chi connectivity index (χ0) is 22.4. The molecule has 1 heteroatoms. The van der Waals surface area contributed by atoms with Crippen LogP contribution in [-0.4, -0.2) is 12.2 Å². The number of fused-ring (bicyclic) bond motifs is 5. The molecule has 4 rings (SSSR count). The van der Waals surface area contributed by atoms with Gasteiger partial charge in [-0.1, -0.05) is 65.5 Å². The minimum absolute atomic E-state index is 0.361. The Bertz CT molecular complexity index is 647. The lowest BCUT2D eigenvalue weighted by molar-refractivity contribution is -0.0707. The summed E-state index contributed by atoms with van der Waals surface area (Å²) in [6, 6.07) is 0. The number of hydrogen-bond donors (Lipinski definition) is 0. The molecule has 0 unspecified atom stereocenters. The largest absolute Gasteiger partial charge is 0.375 e. The Morgan fingerprint density at radius 1 is 0.935 bits per heavy atom. The van der Waals surface area contributed by atoms with E-state index in [1.807, 2.05) is 0 Å². The summed E-state index contributed by atoms with van der Waals surface area (Å²) in [7, 11) is 0. The van der Waals surface area contributed by atoms with Crippen LogP contribution in [0.4, 0.5) is 0 Å². The first kappa shape index (κ1) is 23.8. The van der Waals surface area contributed by atoms with Gasteiger partial charge < -0.3 is 4.74 Å². The van der Waals surface area contributed by atoms with E-state index in [1.54, 1.807) is 5.57 Å². The van der Waals surface area contributed by atoms with Gasteiger partial charge in [-0.15, -0.1) is 0 Å². The predicted octanol–water partition coefficient (Wildman–Crippen LogP) is 8.82. The predicted molar refractivity (Wildman–Crippen MR) is 133 cm³/mol. The van der Waals surface area contributed by atoms with Crippen molar-refractivity contribution >= 4 is 0 Å². The number of ether oxygens (including phenoxy) is 1. The van der Waals surface area contributed by atoms with Crippen LogP contribution in [0.25, 0.3) is 0 Å². The Labute approximate surface area is 194 Å². The van der Waals surface area contributed by atoms with E-state index in [9.17, 15) is 0 Å². The maximum absolute atomic E-state index is 6.25. The molecular weight excluding hydrogens is 376 g/mol. The minimum Gasteiger partial charge on any atom is -0.375 e. The second kappa shape index (κ2) is 9.15. The fourth-order valence-corrected chi connectivity index (χ4v) is 9.15. The molecule has 3 fully saturated rings. The lowest BCUT2D eigenvalue weighted by atomic mass is 9.47. The third-order valence-corrected chi connectivity index (χ3v) is 10.7. The van der Waals surface area contributed by atoms with Gasteiger partial charge in [0.05, 0.1) is 12.2 Å². The molecule has 0 amide bonds. The summed E-state index contributed by atoms with van der Waals surface area (Å²) in [6.45, 7) is 17.1. The van der Waals surface area contributed by atoms with Crippen LogP contribution in [0.5, 0.6) is 0 Å². The van der Waals surface area contributed by atoms with Crippen LogP contribution in [0.3, 0.4) is 0 Å². The number of hydrogen-bond acceptors (Lipinski definition) is 1. The van der Waals surface area contributed by atoms with Gasteiger partial charge in [0.25, 0.3) is 0 Å². The van der Waals surface area contributed by atoms with E-state index >= 15 is 0 Å². The quantitative estimate of drug-likeness (QED) is 0.368. The van der Waals surface area contributed by atoms with Crippen molar-refractivity contribution in [2.45, 2.75) is 131 Å². The second-order valence-corrected chi connectivity index (χ2v) is 13.3. The van der Waals surface area contributed by atoms with E-state index in [-0.39, 0.29) is 0 Å². The third-order valence-electron chi connectivity index (χ3n) is 10.7. The normalized spacial score (nSPS) is 43.4. The van der Waals surface area contributed by atoms with Crippen molar-refractivity contribution in [2.75, 3.05) is 0 Å². The molecule has 178 valence electrons. The van der Waals surface area contributed by atoms with Gasteiger partial charge >= 0.3 is 0 Å². The fraction of sp³-hybridized carbons (Fsp3) is 0.933. The second-order valence-electron chi connectivity index (χ2n) is 13.3. The first-order chi connectivity index (χ1) is 14.6. The van der Waals surface area contributed by atoms with Gasteiger partial charge in [-0.05, 0) is 112 Å². The lowest BCUT2D eigenvalue weighted by Gasteiger charge is -2.58. The van der Waals surface area contributed by atoms with E-state index in [4.69, 9.17) is 4.74 Å². The van der Waals surface area contributed by atoms with Gasteiger partial charge in [-0.25, -0.2) is 0 Å². The van der Waals surface area contributed by atoms with Crippen molar-refractivity contribution in [2.24, 2.45) is 46.3 Å². The molecule has 31 heavy (non-hydrogen) atoms. The molecule has 0 radical (unpaired) electrons. The van der Waals surface area contributed by atoms with Crippen LogP contribution >= 0.6 is 0 Å². The van der Waals surface area contributed by atoms with Crippen LogP contribution in [0, 0.1) is 46.3 Å². The molecule has 0 bridgehead atoms. The van der Waals surface area contributed by atoms with Crippen molar-refractivity contribution in [1.29, 1.82) is 0 Å². The van der Waals surface area contributed by atoms with E-state index in [1.165, 1.54) is 70.6 Å². The Hall–Kier alpha value is -0.300. The van der Waals surface area contributed by atoms with Crippen molar-refractivity contribution < 1.29 is 4.74 Å². The number of rotatable bonds is 7. The molecule has 8 atom stereocenters. The monoisotopic (exact) mass is 428 g/mol. The van der Waals surface area contributed by atoms with Gasteiger partial charge in [0.2, 0.25) is 0 Å². The summed E-state index contributed by atoms with van der Waals surface area (Å²) in [5.74, 6) is 5.60. The first-order valence-corrected chi connectivity index (χ1v) is 14.0. The summed E-state index contributed by atoms with van der Waals surface area (Å²) < 4.78 is 6.25. The van der Waals surface area contributed by atoms with Crippen molar-refractivity contribution in [1.82, 2.24) is 0 Å². The van der Waals surface area contributed by atoms with Gasteiger partial charge in [0.15, 0.2) is 0 Å². The molecule has 0 N–H and O–H groups in total. The molecular formula is C30H52O. The van der Waals surface area contributed by atoms with Gasteiger partial charge in [0, 0.05) is 0 Å². The molecule has 3 saturated carbocycles. The fourth-order valence-electron chi connectivity index (χ4n) is 9.15. The summed E-state index contributed by atoms with van der Waals surface area (Å²) in [5.41, 5.74) is 2.84. The van der Waals surface area contributed by atoms with E-state index < -0.39 is 0 Å². The van der Waals surface area contributed by atoms with Crippen molar-refractivity contribution in [3.8, 4) is 0 Å². The van der Waals surface area contributed by atoms with E-state index in [0.717, 1.165) is 35.5 Å². The Morgan fingerprint density at radius 3 is 2.42 bits per heavy atom. The standard InChI is InChI=1S/C30H52O/c1-20(2)9-8-10-22(5)26-13-14-27-25-12-11-23-19-24(31-21(3)4)15-17-29(23,6)28(25)16-18-30(26,27)7/h11,20-22,24-28H,8-10,12-19H2,1-7H3/t22-,24+,25+,26-,27+,28+,29+,30-/m1/s1. The average molecular weight is 429 g/mol. The highest BCUT2D eigenvalue weighted by molar-refractivity contribution is 5.25. The highest BCUT2D eigenvalue weighted by atomic mass is 16.5. The van der Waals surface area contributed by atoms with Gasteiger partial charge in [-0.3, -0.25) is 0 Å². The number of allylic oxidation sites excluding steroid dienone is 1. The Kier molecular flexibility index (Phi) is 7.04. The lowest BCUT2D eigenvalue weighted by Crippen LogP contribution is -2.51. The summed E-state index contributed by atoms with van der Waals surface area (Å²) >= 11 is 0. The summed E-state index contributed by atoms with van der Waals surface area (Å²) in [5, 5.41) is 0. The molecule has 0 aromatic rings. The van der Waals surface area contributed by atoms with E-state index in [0.29, 0.717) is 23.0 Å². The van der Waals surface area contributed by atoms with Crippen molar-refractivity contribution in [3.05, 3.63) is 11.6 Å². The molecule has 0 aromatic carbocycles.